The number of nitrogens with zero attached hydrogens (tertiary/aromatic N) is 2. The molecule has 1 aromatic carbocycles. The number of alkyl halides is 3. The highest BCUT2D eigenvalue weighted by Gasteiger charge is 2.31. The third-order valence-corrected chi connectivity index (χ3v) is 4.51. The number of carbonyl (C=O) groups excluding carboxylic acids is 1. The number of aromatic nitrogens is 1. The molecule has 0 radical (unpaired) electrons. The van der Waals surface area contributed by atoms with Crippen LogP contribution in [0.4, 0.5) is 13.2 Å². The molecule has 0 spiro atoms. The van der Waals surface area contributed by atoms with Crippen LogP contribution in [0.5, 0.6) is 0 Å². The molecule has 0 saturated heterocycles. The first-order valence-corrected chi connectivity index (χ1v) is 8.91. The lowest BCUT2D eigenvalue weighted by atomic mass is 10.0. The summed E-state index contributed by atoms with van der Waals surface area (Å²) in [7, 11) is 3.75. The van der Waals surface area contributed by atoms with Gasteiger partial charge in [-0.1, -0.05) is 31.2 Å². The molecule has 8 heteroatoms. The van der Waals surface area contributed by atoms with E-state index in [4.69, 9.17) is 0 Å². The summed E-state index contributed by atoms with van der Waals surface area (Å²) >= 11 is 0. The first-order valence-electron chi connectivity index (χ1n) is 8.91. The van der Waals surface area contributed by atoms with Crippen molar-refractivity contribution in [2.24, 2.45) is 0 Å². The first-order chi connectivity index (χ1) is 13.1. The lowest BCUT2D eigenvalue weighted by Gasteiger charge is -2.25. The van der Waals surface area contributed by atoms with Gasteiger partial charge in [-0.15, -0.1) is 0 Å². The van der Waals surface area contributed by atoms with Crippen molar-refractivity contribution in [3.8, 4) is 0 Å². The molecule has 152 valence electrons. The molecule has 0 saturated carbocycles. The second-order valence-electron chi connectivity index (χ2n) is 6.76. The van der Waals surface area contributed by atoms with Gasteiger partial charge in [0.05, 0.1) is 11.6 Å². The molecule has 28 heavy (non-hydrogen) atoms. The van der Waals surface area contributed by atoms with E-state index in [1.165, 1.54) is 5.56 Å². The average molecular weight is 395 g/mol. The molecule has 2 rings (SSSR count). The number of carbonyl (C=O) groups is 1. The quantitative estimate of drug-likeness (QED) is 0.785. The predicted octanol–water partition coefficient (Wildman–Crippen LogP) is 2.85. The second kappa shape index (κ2) is 9.05. The number of amides is 1. The topological polar surface area (TPSA) is 54.3 Å². The Morgan fingerprint density at radius 1 is 1.14 bits per heavy atom. The van der Waals surface area contributed by atoms with Crippen LogP contribution in [-0.4, -0.2) is 36.0 Å². The predicted molar refractivity (Wildman–Crippen MR) is 101 cm³/mol. The minimum absolute atomic E-state index is 0.104. The van der Waals surface area contributed by atoms with Crippen LogP contribution in [0.3, 0.4) is 0 Å². The van der Waals surface area contributed by atoms with Crippen molar-refractivity contribution in [1.29, 1.82) is 0 Å². The zero-order valence-corrected chi connectivity index (χ0v) is 16.1. The molecule has 1 aromatic heterocycles. The lowest BCUT2D eigenvalue weighted by Crippen LogP contribution is -2.37. The summed E-state index contributed by atoms with van der Waals surface area (Å²) in [5.74, 6) is -0.529. The fourth-order valence-corrected chi connectivity index (χ4v) is 2.82. The number of rotatable bonds is 7. The Morgan fingerprint density at radius 2 is 1.79 bits per heavy atom. The Kier molecular flexibility index (Phi) is 7.01. The van der Waals surface area contributed by atoms with Crippen molar-refractivity contribution in [2.45, 2.75) is 32.1 Å². The minimum Gasteiger partial charge on any atom is -0.353 e. The van der Waals surface area contributed by atoms with Gasteiger partial charge in [-0.2, -0.15) is 13.2 Å². The van der Waals surface area contributed by atoms with Crippen molar-refractivity contribution in [3.05, 3.63) is 69.6 Å². The molecule has 1 amide bonds. The molecular formula is C20H24F3N3O2. The van der Waals surface area contributed by atoms with E-state index in [0.29, 0.717) is 12.3 Å². The molecule has 0 bridgehead atoms. The number of nitrogens with one attached hydrogen (secondary N) is 1. The van der Waals surface area contributed by atoms with Crippen LogP contribution in [0.1, 0.15) is 29.7 Å². The van der Waals surface area contributed by atoms with E-state index in [1.54, 1.807) is 0 Å². The Bertz CT molecular complexity index is 858. The summed E-state index contributed by atoms with van der Waals surface area (Å²) in [5.41, 5.74) is 0.581. The van der Waals surface area contributed by atoms with E-state index in [9.17, 15) is 22.8 Å². The SMILES string of the molecule is CCc1ccc(C(CNC(=O)Cn2cc(C(F)(F)F)ccc2=O)N(C)C)cc1. The normalized spacial score (nSPS) is 12.8. The highest BCUT2D eigenvalue weighted by molar-refractivity contribution is 5.75. The molecule has 0 aliphatic heterocycles. The van der Waals surface area contributed by atoms with Crippen LogP contribution in [-0.2, 0) is 23.9 Å². The monoisotopic (exact) mass is 395 g/mol. The number of hydrogen-bond donors (Lipinski definition) is 1. The standard InChI is InChI=1S/C20H24F3N3O2/c1-4-14-5-7-15(8-6-14)17(25(2)3)11-24-18(27)13-26-12-16(20(21,22)23)9-10-19(26)28/h5-10,12,17H,4,11,13H2,1-3H3,(H,24,27). The molecule has 1 unspecified atom stereocenters. The Labute approximate surface area is 161 Å². The molecule has 2 aromatic rings. The smallest absolute Gasteiger partial charge is 0.353 e. The van der Waals surface area contributed by atoms with Crippen LogP contribution in [0.15, 0.2) is 47.4 Å². The van der Waals surface area contributed by atoms with E-state index < -0.39 is 29.8 Å². The first kappa shape index (κ1) is 21.7. The van der Waals surface area contributed by atoms with Gasteiger partial charge in [0, 0.05) is 18.8 Å². The van der Waals surface area contributed by atoms with E-state index >= 15 is 0 Å². The van der Waals surface area contributed by atoms with Crippen molar-refractivity contribution in [3.63, 3.8) is 0 Å². The van der Waals surface area contributed by atoms with Gasteiger partial charge in [0.2, 0.25) is 5.91 Å². The maximum atomic E-state index is 12.8. The molecule has 1 N–H and O–H groups in total. The highest BCUT2D eigenvalue weighted by Crippen LogP contribution is 2.28. The van der Waals surface area contributed by atoms with Gasteiger partial charge in [0.15, 0.2) is 0 Å². The summed E-state index contributed by atoms with van der Waals surface area (Å²) in [5, 5.41) is 2.70. The molecule has 1 atom stereocenters. The molecule has 0 fully saturated rings. The number of benzene rings is 1. The molecule has 5 nitrogen and oxygen atoms in total. The summed E-state index contributed by atoms with van der Waals surface area (Å²) in [6, 6.07) is 9.45. The Hall–Kier alpha value is -2.61. The van der Waals surface area contributed by atoms with Crippen LogP contribution in [0.25, 0.3) is 0 Å². The van der Waals surface area contributed by atoms with Crippen molar-refractivity contribution >= 4 is 5.91 Å². The number of halogens is 3. The maximum Gasteiger partial charge on any atom is 0.417 e. The molecule has 1 heterocycles. The van der Waals surface area contributed by atoms with Gasteiger partial charge in [0.1, 0.15) is 6.54 Å². The number of aryl methyl sites for hydroxylation is 1. The molecule has 0 aliphatic rings. The van der Waals surface area contributed by atoms with E-state index in [1.807, 2.05) is 43.3 Å². The summed E-state index contributed by atoms with van der Waals surface area (Å²) in [4.78, 5) is 25.9. The van der Waals surface area contributed by atoms with Crippen LogP contribution >= 0.6 is 0 Å². The van der Waals surface area contributed by atoms with Crippen LogP contribution in [0, 0.1) is 0 Å². The number of pyridine rings is 1. The summed E-state index contributed by atoms with van der Waals surface area (Å²) in [6.07, 6.45) is -2.99. The molecular weight excluding hydrogens is 371 g/mol. The van der Waals surface area contributed by atoms with Gasteiger partial charge in [-0.3, -0.25) is 9.59 Å². The zero-order chi connectivity index (χ0) is 20.9. The second-order valence-corrected chi connectivity index (χ2v) is 6.76. The van der Waals surface area contributed by atoms with Gasteiger partial charge in [-0.25, -0.2) is 0 Å². The van der Waals surface area contributed by atoms with E-state index in [2.05, 4.69) is 12.2 Å². The Balaban J connectivity index is 2.06. The van der Waals surface area contributed by atoms with E-state index in [0.717, 1.165) is 22.6 Å². The Morgan fingerprint density at radius 3 is 2.32 bits per heavy atom. The molecule has 0 aliphatic carbocycles. The van der Waals surface area contributed by atoms with Gasteiger partial charge in [-0.05, 0) is 37.7 Å². The average Bonchev–Trinajstić information content (AvgIpc) is 2.63. The number of likely N-dealkylation sites (N-methyl/N-ethyl adjacent to an activating group) is 1. The van der Waals surface area contributed by atoms with Gasteiger partial charge in [0.25, 0.3) is 5.56 Å². The maximum absolute atomic E-state index is 12.8. The van der Waals surface area contributed by atoms with Crippen molar-refractivity contribution in [1.82, 2.24) is 14.8 Å². The highest BCUT2D eigenvalue weighted by atomic mass is 19.4. The lowest BCUT2D eigenvalue weighted by molar-refractivity contribution is -0.138. The summed E-state index contributed by atoms with van der Waals surface area (Å²) < 4.78 is 39.2. The van der Waals surface area contributed by atoms with Crippen molar-refractivity contribution < 1.29 is 18.0 Å². The fraction of sp³-hybridized carbons (Fsp3) is 0.400. The van der Waals surface area contributed by atoms with Crippen molar-refractivity contribution in [2.75, 3.05) is 20.6 Å². The van der Waals surface area contributed by atoms with Gasteiger partial charge < -0.3 is 14.8 Å². The summed E-state index contributed by atoms with van der Waals surface area (Å²) in [6.45, 7) is 1.86. The largest absolute Gasteiger partial charge is 0.417 e. The van der Waals surface area contributed by atoms with E-state index in [-0.39, 0.29) is 12.6 Å². The van der Waals surface area contributed by atoms with Crippen LogP contribution in [0.2, 0.25) is 0 Å². The van der Waals surface area contributed by atoms with Gasteiger partial charge >= 0.3 is 6.18 Å². The zero-order valence-electron chi connectivity index (χ0n) is 16.1. The third kappa shape index (κ3) is 5.69. The fourth-order valence-electron chi connectivity index (χ4n) is 2.82. The third-order valence-electron chi connectivity index (χ3n) is 4.51. The minimum atomic E-state index is -4.58. The number of hydrogen-bond acceptors (Lipinski definition) is 3. The van der Waals surface area contributed by atoms with Crippen LogP contribution < -0.4 is 10.9 Å².